The Morgan fingerprint density at radius 1 is 0.971 bits per heavy atom. The van der Waals surface area contributed by atoms with E-state index in [0.717, 1.165) is 0 Å². The maximum absolute atomic E-state index is 13.2. The molecule has 0 aliphatic heterocycles. The maximum atomic E-state index is 13.2. The fourth-order valence-electron chi connectivity index (χ4n) is 2.90. The summed E-state index contributed by atoms with van der Waals surface area (Å²) in [6, 6.07) is 4.72. The van der Waals surface area contributed by atoms with Crippen LogP contribution in [0.25, 0.3) is 0 Å². The summed E-state index contributed by atoms with van der Waals surface area (Å²) in [6.07, 6.45) is -0.580. The van der Waals surface area contributed by atoms with Crippen LogP contribution in [0.1, 0.15) is 76.7 Å². The normalized spacial score (nSPS) is 12.4. The van der Waals surface area contributed by atoms with E-state index in [1.807, 2.05) is 0 Å². The van der Waals surface area contributed by atoms with Crippen LogP contribution in [-0.2, 0) is 20.8 Å². The average molecular weight is 480 g/mol. The van der Waals surface area contributed by atoms with E-state index in [-0.39, 0.29) is 18.5 Å². The number of unbranched alkanes of at least 4 members (excludes halogenated alkanes) is 1. The molecule has 10 nitrogen and oxygen atoms in total. The van der Waals surface area contributed by atoms with Crippen LogP contribution >= 0.6 is 0 Å². The monoisotopic (exact) mass is 479 g/mol. The topological polar surface area (TPSA) is 148 Å². The molecule has 1 aromatic carbocycles. The first-order valence-electron chi connectivity index (χ1n) is 11.2. The predicted molar refractivity (Wildman–Crippen MR) is 126 cm³/mol. The lowest BCUT2D eigenvalue weighted by Gasteiger charge is -2.30. The molecule has 0 bridgehead atoms. The van der Waals surface area contributed by atoms with Gasteiger partial charge in [-0.2, -0.15) is 0 Å². The number of amides is 3. The lowest BCUT2D eigenvalue weighted by Crippen LogP contribution is -2.50. The standard InChI is InChI=1S/C24H37N3O7/c1-23(2,3)33-21(31)26-15-16-10-12-17(13-11-16)19(28)27(22(32)34-24(4,5)6)18(20(29)30)9-7-8-14-25/h10-13,18H,7-9,14-15,25H2,1-6H3,(H,26,31)(H,29,30)/t18-/m0/s1. The summed E-state index contributed by atoms with van der Waals surface area (Å²) in [5, 5.41) is 12.4. The summed E-state index contributed by atoms with van der Waals surface area (Å²) in [6.45, 7) is 10.7. The second-order valence-electron chi connectivity index (χ2n) is 9.85. The van der Waals surface area contributed by atoms with Crippen LogP contribution in [0.3, 0.4) is 0 Å². The van der Waals surface area contributed by atoms with Gasteiger partial charge in [-0.15, -0.1) is 0 Å². The third-order valence-electron chi connectivity index (χ3n) is 4.37. The van der Waals surface area contributed by atoms with Crippen LogP contribution in [0.15, 0.2) is 24.3 Å². The molecule has 1 rings (SSSR count). The Bertz CT molecular complexity index is 855. The summed E-state index contributed by atoms with van der Waals surface area (Å²) < 4.78 is 10.5. The summed E-state index contributed by atoms with van der Waals surface area (Å²) >= 11 is 0. The van der Waals surface area contributed by atoms with Crippen LogP contribution < -0.4 is 11.1 Å². The number of alkyl carbamates (subject to hydrolysis) is 1. The molecule has 0 saturated heterocycles. The van der Waals surface area contributed by atoms with Crippen molar-refractivity contribution in [1.82, 2.24) is 10.2 Å². The number of aliphatic carboxylic acids is 1. The quantitative estimate of drug-likeness (QED) is 0.454. The van der Waals surface area contributed by atoms with Crippen LogP contribution in [0.4, 0.5) is 9.59 Å². The number of ether oxygens (including phenoxy) is 2. The molecule has 10 heteroatoms. The van der Waals surface area contributed by atoms with Gasteiger partial charge in [0.2, 0.25) is 0 Å². The number of hydrogen-bond donors (Lipinski definition) is 3. The maximum Gasteiger partial charge on any atom is 0.418 e. The first kappa shape index (κ1) is 28.9. The first-order valence-corrected chi connectivity index (χ1v) is 11.2. The zero-order valence-electron chi connectivity index (χ0n) is 20.8. The van der Waals surface area contributed by atoms with Gasteiger partial charge in [-0.25, -0.2) is 19.3 Å². The Hall–Kier alpha value is -3.14. The molecule has 190 valence electrons. The number of benzene rings is 1. The highest BCUT2D eigenvalue weighted by Crippen LogP contribution is 2.19. The summed E-state index contributed by atoms with van der Waals surface area (Å²) in [5.41, 5.74) is 4.74. The fraction of sp³-hybridized carbons (Fsp3) is 0.583. The smallest absolute Gasteiger partial charge is 0.418 e. The lowest BCUT2D eigenvalue weighted by atomic mass is 10.1. The van der Waals surface area contributed by atoms with Crippen LogP contribution in [0.5, 0.6) is 0 Å². The Kier molecular flexibility index (Phi) is 10.5. The molecular weight excluding hydrogens is 442 g/mol. The van der Waals surface area contributed by atoms with Gasteiger partial charge in [-0.05, 0) is 85.0 Å². The number of carbonyl (C=O) groups excluding carboxylic acids is 3. The first-order chi connectivity index (χ1) is 15.6. The third-order valence-corrected chi connectivity index (χ3v) is 4.37. The Morgan fingerprint density at radius 3 is 2.00 bits per heavy atom. The van der Waals surface area contributed by atoms with Gasteiger partial charge < -0.3 is 25.6 Å². The van der Waals surface area contributed by atoms with E-state index < -0.39 is 41.3 Å². The number of nitrogens with one attached hydrogen (secondary N) is 1. The number of hydrogen-bond acceptors (Lipinski definition) is 7. The van der Waals surface area contributed by atoms with Gasteiger partial charge in [0, 0.05) is 12.1 Å². The molecular formula is C24H37N3O7. The van der Waals surface area contributed by atoms with Gasteiger partial charge in [0.15, 0.2) is 0 Å². The van der Waals surface area contributed by atoms with Gasteiger partial charge >= 0.3 is 18.2 Å². The third kappa shape index (κ3) is 10.2. The van der Waals surface area contributed by atoms with Crippen molar-refractivity contribution in [2.24, 2.45) is 5.73 Å². The van der Waals surface area contributed by atoms with Crippen molar-refractivity contribution in [2.45, 2.75) is 84.6 Å². The molecule has 1 atom stereocenters. The number of carbonyl (C=O) groups is 4. The van der Waals surface area contributed by atoms with Crippen molar-refractivity contribution >= 4 is 24.1 Å². The van der Waals surface area contributed by atoms with E-state index >= 15 is 0 Å². The molecule has 0 heterocycles. The van der Waals surface area contributed by atoms with E-state index in [1.165, 1.54) is 12.1 Å². The zero-order chi connectivity index (χ0) is 26.1. The van der Waals surface area contributed by atoms with Crippen molar-refractivity contribution in [1.29, 1.82) is 0 Å². The summed E-state index contributed by atoms with van der Waals surface area (Å²) in [4.78, 5) is 50.5. The number of carboxylic acid groups (broad SMARTS) is 1. The van der Waals surface area contributed by atoms with E-state index in [2.05, 4.69) is 5.32 Å². The highest BCUT2D eigenvalue weighted by molar-refractivity contribution is 6.05. The zero-order valence-corrected chi connectivity index (χ0v) is 20.8. The second kappa shape index (κ2) is 12.4. The van der Waals surface area contributed by atoms with Crippen LogP contribution in [0.2, 0.25) is 0 Å². The van der Waals surface area contributed by atoms with Crippen molar-refractivity contribution in [3.8, 4) is 0 Å². The van der Waals surface area contributed by atoms with Crippen molar-refractivity contribution in [3.05, 3.63) is 35.4 Å². The van der Waals surface area contributed by atoms with E-state index in [0.29, 0.717) is 29.8 Å². The Morgan fingerprint density at radius 2 is 1.53 bits per heavy atom. The largest absolute Gasteiger partial charge is 0.480 e. The molecule has 0 spiro atoms. The Balaban J connectivity index is 3.08. The number of nitrogens with zero attached hydrogens (tertiary/aromatic N) is 1. The number of carboxylic acids is 1. The predicted octanol–water partition coefficient (Wildman–Crippen LogP) is 3.67. The minimum atomic E-state index is -1.40. The van der Waals surface area contributed by atoms with E-state index in [4.69, 9.17) is 15.2 Å². The number of nitrogens with two attached hydrogens (primary N) is 1. The van der Waals surface area contributed by atoms with Gasteiger partial charge in [-0.1, -0.05) is 12.1 Å². The molecule has 0 aromatic heterocycles. The van der Waals surface area contributed by atoms with Gasteiger partial charge in [-0.3, -0.25) is 4.79 Å². The molecule has 0 fully saturated rings. The van der Waals surface area contributed by atoms with Crippen molar-refractivity contribution in [3.63, 3.8) is 0 Å². The molecule has 1 aromatic rings. The molecule has 0 aliphatic rings. The van der Waals surface area contributed by atoms with Crippen LogP contribution in [-0.4, -0.2) is 57.9 Å². The highest BCUT2D eigenvalue weighted by atomic mass is 16.6. The van der Waals surface area contributed by atoms with E-state index in [1.54, 1.807) is 53.7 Å². The molecule has 34 heavy (non-hydrogen) atoms. The molecule has 0 saturated carbocycles. The molecule has 0 aliphatic carbocycles. The van der Waals surface area contributed by atoms with Gasteiger partial charge in [0.1, 0.15) is 17.2 Å². The minimum absolute atomic E-state index is 0.0510. The highest BCUT2D eigenvalue weighted by Gasteiger charge is 2.37. The molecule has 0 radical (unpaired) electrons. The summed E-state index contributed by atoms with van der Waals surface area (Å²) in [5.74, 6) is -2.10. The molecule has 0 unspecified atom stereocenters. The molecule has 3 amide bonds. The lowest BCUT2D eigenvalue weighted by molar-refractivity contribution is -0.142. The van der Waals surface area contributed by atoms with Crippen molar-refractivity contribution in [2.75, 3.05) is 6.54 Å². The van der Waals surface area contributed by atoms with Crippen molar-refractivity contribution < 1.29 is 33.8 Å². The van der Waals surface area contributed by atoms with Gasteiger partial charge in [0.05, 0.1) is 0 Å². The summed E-state index contributed by atoms with van der Waals surface area (Å²) in [7, 11) is 0. The number of imide groups is 1. The van der Waals surface area contributed by atoms with E-state index in [9.17, 15) is 24.3 Å². The van der Waals surface area contributed by atoms with Crippen LogP contribution in [0, 0.1) is 0 Å². The number of rotatable bonds is 9. The average Bonchev–Trinajstić information content (AvgIpc) is 2.69. The Labute approximate surface area is 200 Å². The second-order valence-corrected chi connectivity index (χ2v) is 9.85. The minimum Gasteiger partial charge on any atom is -0.480 e. The SMILES string of the molecule is CC(C)(C)OC(=O)NCc1ccc(C(=O)N(C(=O)OC(C)(C)C)[C@@H](CCCCN)C(=O)O)cc1. The fourth-order valence-corrected chi connectivity index (χ4v) is 2.90. The molecule has 4 N–H and O–H groups in total. The van der Waals surface area contributed by atoms with Gasteiger partial charge in [0.25, 0.3) is 5.91 Å².